The van der Waals surface area contributed by atoms with Gasteiger partial charge in [0.1, 0.15) is 5.69 Å². The van der Waals surface area contributed by atoms with Gasteiger partial charge < -0.3 is 14.8 Å². The lowest BCUT2D eigenvalue weighted by atomic mass is 9.96. The number of rotatable bonds is 2. The van der Waals surface area contributed by atoms with Crippen LogP contribution in [0.25, 0.3) is 5.70 Å². The van der Waals surface area contributed by atoms with E-state index >= 15 is 0 Å². The van der Waals surface area contributed by atoms with Crippen LogP contribution in [-0.4, -0.2) is 30.9 Å². The minimum absolute atomic E-state index is 0.0407. The lowest BCUT2D eigenvalue weighted by molar-refractivity contribution is -0.162. The van der Waals surface area contributed by atoms with Gasteiger partial charge in [-0.15, -0.1) is 0 Å². The first-order valence-corrected chi connectivity index (χ1v) is 6.76. The van der Waals surface area contributed by atoms with Gasteiger partial charge in [0.2, 0.25) is 6.29 Å². The molecule has 0 spiro atoms. The number of hydrogen-bond acceptors (Lipinski definition) is 4. The van der Waals surface area contributed by atoms with Gasteiger partial charge in [-0.2, -0.15) is 13.2 Å². The Labute approximate surface area is 120 Å². The van der Waals surface area contributed by atoms with E-state index in [1.165, 1.54) is 6.08 Å². The molecule has 1 atom stereocenters. The van der Waals surface area contributed by atoms with Crippen LogP contribution in [0.1, 0.15) is 24.0 Å². The monoisotopic (exact) mass is 300 g/mol. The highest BCUT2D eigenvalue weighted by atomic mass is 19.4. The van der Waals surface area contributed by atoms with Crippen LogP contribution in [0.15, 0.2) is 24.4 Å². The van der Waals surface area contributed by atoms with Gasteiger partial charge in [0.15, 0.2) is 0 Å². The first-order valence-electron chi connectivity index (χ1n) is 6.76. The van der Waals surface area contributed by atoms with Crippen molar-refractivity contribution in [3.05, 3.63) is 35.7 Å². The predicted octanol–water partition coefficient (Wildman–Crippen LogP) is 2.64. The van der Waals surface area contributed by atoms with E-state index in [-0.39, 0.29) is 13.0 Å². The molecule has 1 saturated heterocycles. The van der Waals surface area contributed by atoms with Crippen molar-refractivity contribution in [2.75, 3.05) is 19.8 Å². The highest BCUT2D eigenvalue weighted by Gasteiger charge is 2.39. The van der Waals surface area contributed by atoms with E-state index in [9.17, 15) is 13.2 Å². The average Bonchev–Trinajstić information content (AvgIpc) is 3.01. The van der Waals surface area contributed by atoms with Crippen molar-refractivity contribution >= 4 is 5.70 Å². The predicted molar refractivity (Wildman–Crippen MR) is 69.0 cm³/mol. The van der Waals surface area contributed by atoms with Crippen molar-refractivity contribution in [1.82, 2.24) is 10.3 Å². The highest BCUT2D eigenvalue weighted by Crippen LogP contribution is 2.35. The Morgan fingerprint density at radius 3 is 2.71 bits per heavy atom. The number of pyridine rings is 1. The van der Waals surface area contributed by atoms with E-state index in [0.29, 0.717) is 30.2 Å². The second kappa shape index (κ2) is 5.65. The van der Waals surface area contributed by atoms with Crippen molar-refractivity contribution in [1.29, 1.82) is 0 Å². The largest absolute Gasteiger partial charge is 0.395 e. The van der Waals surface area contributed by atoms with Crippen molar-refractivity contribution in [2.24, 2.45) is 5.92 Å². The summed E-state index contributed by atoms with van der Waals surface area (Å²) in [5.74, 6) is -1.44. The molecule has 0 amide bonds. The van der Waals surface area contributed by atoms with Crippen molar-refractivity contribution in [3.8, 4) is 0 Å². The normalized spacial score (nSPS) is 23.8. The molecule has 114 valence electrons. The minimum Gasteiger partial charge on any atom is -0.385 e. The molecule has 7 heteroatoms. The molecule has 1 unspecified atom stereocenters. The van der Waals surface area contributed by atoms with Crippen LogP contribution in [-0.2, 0) is 9.47 Å². The molecule has 0 aromatic carbocycles. The molecule has 1 N–H and O–H groups in total. The van der Waals surface area contributed by atoms with Crippen molar-refractivity contribution in [3.63, 3.8) is 0 Å². The van der Waals surface area contributed by atoms with Gasteiger partial charge in [-0.3, -0.25) is 4.98 Å². The SMILES string of the molecule is FC(F)(F)C1C=C(c2cccnc2C2OCCO2)NCC1. The van der Waals surface area contributed by atoms with Gasteiger partial charge in [-0.05, 0) is 24.6 Å². The zero-order chi connectivity index (χ0) is 14.9. The van der Waals surface area contributed by atoms with Crippen LogP contribution in [0.5, 0.6) is 0 Å². The molecule has 1 fully saturated rings. The molecule has 3 heterocycles. The summed E-state index contributed by atoms with van der Waals surface area (Å²) in [6.07, 6.45) is -2.00. The Balaban J connectivity index is 1.94. The number of nitrogens with one attached hydrogen (secondary N) is 1. The van der Waals surface area contributed by atoms with E-state index in [1.807, 2.05) is 0 Å². The first kappa shape index (κ1) is 14.3. The topological polar surface area (TPSA) is 43.4 Å². The molecule has 1 aromatic rings. The molecule has 0 saturated carbocycles. The van der Waals surface area contributed by atoms with Gasteiger partial charge in [-0.1, -0.05) is 0 Å². The lowest BCUT2D eigenvalue weighted by Gasteiger charge is -2.26. The first-order chi connectivity index (χ1) is 10.1. The molecular weight excluding hydrogens is 285 g/mol. The standard InChI is InChI=1S/C14H15F3N2O2/c15-14(16,17)9-3-5-18-11(8-9)10-2-1-4-19-12(10)13-20-6-7-21-13/h1-2,4,8-9,13,18H,3,5-7H2. The van der Waals surface area contributed by atoms with E-state index in [4.69, 9.17) is 9.47 Å². The molecule has 2 aliphatic heterocycles. The van der Waals surface area contributed by atoms with Crippen molar-refractivity contribution in [2.45, 2.75) is 18.9 Å². The summed E-state index contributed by atoms with van der Waals surface area (Å²) in [5, 5.41) is 3.01. The quantitative estimate of drug-likeness (QED) is 0.912. The Morgan fingerprint density at radius 1 is 1.24 bits per heavy atom. The van der Waals surface area contributed by atoms with Crippen LogP contribution < -0.4 is 5.32 Å². The van der Waals surface area contributed by atoms with E-state index in [1.54, 1.807) is 18.3 Å². The second-order valence-electron chi connectivity index (χ2n) is 4.95. The fraction of sp³-hybridized carbons (Fsp3) is 0.500. The Kier molecular flexibility index (Phi) is 3.86. The zero-order valence-electron chi connectivity index (χ0n) is 11.2. The maximum absolute atomic E-state index is 12.9. The highest BCUT2D eigenvalue weighted by molar-refractivity contribution is 5.67. The fourth-order valence-corrected chi connectivity index (χ4v) is 2.50. The van der Waals surface area contributed by atoms with E-state index in [2.05, 4.69) is 10.3 Å². The summed E-state index contributed by atoms with van der Waals surface area (Å²) in [5.41, 5.74) is 1.54. The summed E-state index contributed by atoms with van der Waals surface area (Å²) in [7, 11) is 0. The molecule has 2 aliphatic rings. The lowest BCUT2D eigenvalue weighted by Crippen LogP contribution is -2.31. The molecule has 1 aromatic heterocycles. The summed E-state index contributed by atoms with van der Waals surface area (Å²) in [6.45, 7) is 1.19. The number of halogens is 3. The molecule has 0 bridgehead atoms. The summed E-state index contributed by atoms with van der Waals surface area (Å²) in [6, 6.07) is 3.42. The molecule has 0 aliphatic carbocycles. The van der Waals surface area contributed by atoms with Crippen LogP contribution in [0.4, 0.5) is 13.2 Å². The Hall–Kier alpha value is -1.60. The fourth-order valence-electron chi connectivity index (χ4n) is 2.50. The van der Waals surface area contributed by atoms with Gasteiger partial charge >= 0.3 is 6.18 Å². The summed E-state index contributed by atoms with van der Waals surface area (Å²) >= 11 is 0. The van der Waals surface area contributed by atoms with Crippen LogP contribution in [0, 0.1) is 5.92 Å². The van der Waals surface area contributed by atoms with Gasteiger partial charge in [0, 0.05) is 24.0 Å². The third-order valence-electron chi connectivity index (χ3n) is 3.53. The number of nitrogens with zero attached hydrogens (tertiary/aromatic N) is 1. The minimum atomic E-state index is -4.23. The molecular formula is C14H15F3N2O2. The van der Waals surface area contributed by atoms with Gasteiger partial charge in [-0.25, -0.2) is 0 Å². The number of ether oxygens (including phenoxy) is 2. The maximum Gasteiger partial charge on any atom is 0.395 e. The van der Waals surface area contributed by atoms with Gasteiger partial charge in [0.05, 0.1) is 19.1 Å². The molecule has 4 nitrogen and oxygen atoms in total. The third-order valence-corrected chi connectivity index (χ3v) is 3.53. The van der Waals surface area contributed by atoms with E-state index < -0.39 is 18.4 Å². The Morgan fingerprint density at radius 2 is 2.00 bits per heavy atom. The smallest absolute Gasteiger partial charge is 0.385 e. The van der Waals surface area contributed by atoms with Gasteiger partial charge in [0.25, 0.3) is 0 Å². The average molecular weight is 300 g/mol. The number of hydrogen-bond donors (Lipinski definition) is 1. The summed E-state index contributed by atoms with van der Waals surface area (Å²) < 4.78 is 49.5. The molecule has 3 rings (SSSR count). The number of aromatic nitrogens is 1. The molecule has 0 radical (unpaired) electrons. The summed E-state index contributed by atoms with van der Waals surface area (Å²) in [4.78, 5) is 4.21. The second-order valence-corrected chi connectivity index (χ2v) is 4.95. The molecule has 21 heavy (non-hydrogen) atoms. The van der Waals surface area contributed by atoms with Crippen LogP contribution >= 0.6 is 0 Å². The van der Waals surface area contributed by atoms with Crippen molar-refractivity contribution < 1.29 is 22.6 Å². The third kappa shape index (κ3) is 3.03. The zero-order valence-corrected chi connectivity index (χ0v) is 11.2. The van der Waals surface area contributed by atoms with E-state index in [0.717, 1.165) is 0 Å². The van der Waals surface area contributed by atoms with Crippen LogP contribution in [0.3, 0.4) is 0 Å². The Bertz CT molecular complexity index is 539. The number of alkyl halides is 3. The number of allylic oxidation sites excluding steroid dienone is 1. The van der Waals surface area contributed by atoms with Crippen LogP contribution in [0.2, 0.25) is 0 Å². The maximum atomic E-state index is 12.9.